The number of carboxylic acid groups (broad SMARTS) is 1. The van der Waals surface area contributed by atoms with Gasteiger partial charge in [-0.1, -0.05) is 0 Å². The average Bonchev–Trinajstić information content (AvgIpc) is 2.30. The topological polar surface area (TPSA) is 53.4 Å². The molecule has 1 atom stereocenters. The number of aliphatic carboxylic acids is 1. The Morgan fingerprint density at radius 2 is 2.12 bits per heavy atom. The van der Waals surface area contributed by atoms with Crippen molar-refractivity contribution in [3.8, 4) is 0 Å². The Hall–Kier alpha value is -1.29. The fourth-order valence-electron chi connectivity index (χ4n) is 2.29. The van der Waals surface area contributed by atoms with E-state index in [1.165, 1.54) is 0 Å². The van der Waals surface area contributed by atoms with Gasteiger partial charge in [0.2, 0.25) is 0 Å². The van der Waals surface area contributed by atoms with Gasteiger partial charge in [-0.05, 0) is 31.4 Å². The smallest absolute Gasteiger partial charge is 0.305 e. The van der Waals surface area contributed by atoms with Crippen LogP contribution in [0.25, 0.3) is 0 Å². The van der Waals surface area contributed by atoms with Crippen LogP contribution in [0.5, 0.6) is 0 Å². The van der Waals surface area contributed by atoms with Gasteiger partial charge < -0.3 is 10.0 Å². The number of rotatable bonds is 3. The number of hydrogen-bond acceptors (Lipinski definition) is 3. The van der Waals surface area contributed by atoms with E-state index in [1.54, 1.807) is 12.4 Å². The van der Waals surface area contributed by atoms with Crippen LogP contribution in [0.2, 0.25) is 0 Å². The number of halogens is 1. The highest BCUT2D eigenvalue weighted by atomic mass is 35.5. The fraction of sp³-hybridized carbons (Fsp3) is 0.500. The average molecular weight is 257 g/mol. The van der Waals surface area contributed by atoms with E-state index >= 15 is 0 Å². The molecule has 1 aromatic heterocycles. The third kappa shape index (κ3) is 3.60. The van der Waals surface area contributed by atoms with Gasteiger partial charge in [0.1, 0.15) is 0 Å². The molecule has 1 N–H and O–H groups in total. The van der Waals surface area contributed by atoms with E-state index in [0.717, 1.165) is 31.5 Å². The van der Waals surface area contributed by atoms with Crippen molar-refractivity contribution in [3.63, 3.8) is 0 Å². The highest BCUT2D eigenvalue weighted by molar-refractivity contribution is 5.85. The second-order valence-corrected chi connectivity index (χ2v) is 4.15. The third-order valence-corrected chi connectivity index (χ3v) is 3.03. The summed E-state index contributed by atoms with van der Waals surface area (Å²) in [5.74, 6) is -0.717. The summed E-state index contributed by atoms with van der Waals surface area (Å²) in [5, 5.41) is 8.89. The number of hydrogen-bond donors (Lipinski definition) is 1. The van der Waals surface area contributed by atoms with Gasteiger partial charge in [0.25, 0.3) is 0 Å². The number of pyridine rings is 1. The molecule has 0 saturated carbocycles. The summed E-state index contributed by atoms with van der Waals surface area (Å²) < 4.78 is 0. The number of nitrogens with zero attached hydrogens (tertiary/aromatic N) is 2. The zero-order chi connectivity index (χ0) is 11.4. The molecule has 2 rings (SSSR count). The van der Waals surface area contributed by atoms with Crippen LogP contribution in [0.15, 0.2) is 24.5 Å². The first kappa shape index (κ1) is 13.8. The van der Waals surface area contributed by atoms with Crippen molar-refractivity contribution in [1.29, 1.82) is 0 Å². The van der Waals surface area contributed by atoms with Gasteiger partial charge in [-0.3, -0.25) is 9.78 Å². The van der Waals surface area contributed by atoms with Crippen LogP contribution in [0, 0.1) is 0 Å². The molecule has 0 aromatic carbocycles. The fourth-order valence-corrected chi connectivity index (χ4v) is 2.29. The second-order valence-electron chi connectivity index (χ2n) is 4.15. The molecular weight excluding hydrogens is 240 g/mol. The molecule has 17 heavy (non-hydrogen) atoms. The molecule has 1 saturated heterocycles. The number of carboxylic acids is 1. The lowest BCUT2D eigenvalue weighted by Crippen LogP contribution is -2.40. The Labute approximate surface area is 107 Å². The SMILES string of the molecule is Cl.O=C(O)CC1CCCCN1c1ccncc1. The number of carbonyl (C=O) groups is 1. The highest BCUT2D eigenvalue weighted by Gasteiger charge is 2.24. The van der Waals surface area contributed by atoms with Gasteiger partial charge in [-0.15, -0.1) is 12.4 Å². The van der Waals surface area contributed by atoms with Crippen molar-refractivity contribution in [2.24, 2.45) is 0 Å². The van der Waals surface area contributed by atoms with Crippen molar-refractivity contribution in [3.05, 3.63) is 24.5 Å². The van der Waals surface area contributed by atoms with Crippen molar-refractivity contribution >= 4 is 24.1 Å². The summed E-state index contributed by atoms with van der Waals surface area (Å²) in [6.07, 6.45) is 6.96. The normalized spacial score (nSPS) is 19.5. The van der Waals surface area contributed by atoms with Gasteiger partial charge in [0, 0.05) is 30.7 Å². The first-order chi connectivity index (χ1) is 7.77. The number of piperidine rings is 1. The minimum Gasteiger partial charge on any atom is -0.481 e. The van der Waals surface area contributed by atoms with Gasteiger partial charge in [-0.2, -0.15) is 0 Å². The zero-order valence-corrected chi connectivity index (χ0v) is 10.4. The molecule has 1 aliphatic rings. The van der Waals surface area contributed by atoms with Crippen LogP contribution < -0.4 is 4.90 Å². The summed E-state index contributed by atoms with van der Waals surface area (Å²) in [5.41, 5.74) is 1.08. The van der Waals surface area contributed by atoms with E-state index in [9.17, 15) is 4.79 Å². The molecule has 1 unspecified atom stereocenters. The van der Waals surface area contributed by atoms with E-state index in [1.807, 2.05) is 12.1 Å². The summed E-state index contributed by atoms with van der Waals surface area (Å²) in [6.45, 7) is 0.946. The maximum absolute atomic E-state index is 10.8. The first-order valence-corrected chi connectivity index (χ1v) is 5.66. The molecule has 0 radical (unpaired) electrons. The molecule has 2 heterocycles. The van der Waals surface area contributed by atoms with Gasteiger partial charge in [0.15, 0.2) is 0 Å². The maximum atomic E-state index is 10.8. The summed E-state index contributed by atoms with van der Waals surface area (Å²) in [6, 6.07) is 4.02. The zero-order valence-electron chi connectivity index (χ0n) is 9.58. The quantitative estimate of drug-likeness (QED) is 0.902. The molecule has 0 spiro atoms. The standard InChI is InChI=1S/C12H16N2O2.ClH/c15-12(16)9-11-3-1-2-8-14(11)10-4-6-13-7-5-10;/h4-7,11H,1-3,8-9H2,(H,15,16);1H. The third-order valence-electron chi connectivity index (χ3n) is 3.03. The van der Waals surface area contributed by atoms with E-state index in [2.05, 4.69) is 9.88 Å². The van der Waals surface area contributed by atoms with E-state index in [0.29, 0.717) is 0 Å². The van der Waals surface area contributed by atoms with Crippen LogP contribution in [-0.2, 0) is 4.79 Å². The van der Waals surface area contributed by atoms with Crippen LogP contribution in [0.1, 0.15) is 25.7 Å². The molecular formula is C12H17ClN2O2. The predicted molar refractivity (Wildman–Crippen MR) is 68.7 cm³/mol. The molecule has 0 bridgehead atoms. The lowest BCUT2D eigenvalue weighted by molar-refractivity contribution is -0.137. The number of anilines is 1. The lowest BCUT2D eigenvalue weighted by Gasteiger charge is -2.36. The summed E-state index contributed by atoms with van der Waals surface area (Å²) in [4.78, 5) is 17.0. The Morgan fingerprint density at radius 3 is 2.76 bits per heavy atom. The lowest BCUT2D eigenvalue weighted by atomic mass is 9.99. The van der Waals surface area contributed by atoms with Crippen LogP contribution in [0.4, 0.5) is 5.69 Å². The predicted octanol–water partition coefficient (Wildman–Crippen LogP) is 2.34. The minimum atomic E-state index is -0.717. The highest BCUT2D eigenvalue weighted by Crippen LogP contribution is 2.25. The van der Waals surface area contributed by atoms with E-state index in [-0.39, 0.29) is 24.9 Å². The molecule has 0 amide bonds. The van der Waals surface area contributed by atoms with Crippen molar-refractivity contribution in [2.75, 3.05) is 11.4 Å². The summed E-state index contributed by atoms with van der Waals surface area (Å²) in [7, 11) is 0. The summed E-state index contributed by atoms with van der Waals surface area (Å²) >= 11 is 0. The Balaban J connectivity index is 0.00000144. The van der Waals surface area contributed by atoms with Crippen LogP contribution >= 0.6 is 12.4 Å². The Bertz CT molecular complexity index is 359. The van der Waals surface area contributed by atoms with Crippen molar-refractivity contribution < 1.29 is 9.90 Å². The second kappa shape index (κ2) is 6.45. The van der Waals surface area contributed by atoms with Crippen LogP contribution in [0.3, 0.4) is 0 Å². The molecule has 1 aliphatic heterocycles. The van der Waals surface area contributed by atoms with Crippen LogP contribution in [-0.4, -0.2) is 28.6 Å². The molecule has 5 heteroatoms. The van der Waals surface area contributed by atoms with E-state index in [4.69, 9.17) is 5.11 Å². The Morgan fingerprint density at radius 1 is 1.41 bits per heavy atom. The largest absolute Gasteiger partial charge is 0.481 e. The molecule has 4 nitrogen and oxygen atoms in total. The molecule has 94 valence electrons. The van der Waals surface area contributed by atoms with E-state index < -0.39 is 5.97 Å². The molecule has 1 fully saturated rings. The van der Waals surface area contributed by atoms with Gasteiger partial charge in [0.05, 0.1) is 6.42 Å². The van der Waals surface area contributed by atoms with Gasteiger partial charge in [-0.25, -0.2) is 0 Å². The van der Waals surface area contributed by atoms with Crippen molar-refractivity contribution in [1.82, 2.24) is 4.98 Å². The monoisotopic (exact) mass is 256 g/mol. The van der Waals surface area contributed by atoms with Crippen molar-refractivity contribution in [2.45, 2.75) is 31.7 Å². The Kier molecular flexibility index (Phi) is 5.22. The first-order valence-electron chi connectivity index (χ1n) is 5.66. The molecule has 0 aliphatic carbocycles. The minimum absolute atomic E-state index is 0. The number of aromatic nitrogens is 1. The maximum Gasteiger partial charge on any atom is 0.305 e. The molecule has 1 aromatic rings. The van der Waals surface area contributed by atoms with Gasteiger partial charge >= 0.3 is 5.97 Å².